The molecule has 45 heavy (non-hydrogen) atoms. The van der Waals surface area contributed by atoms with E-state index >= 15 is 0 Å². The van der Waals surface area contributed by atoms with Gasteiger partial charge in [0, 0.05) is 11.8 Å². The van der Waals surface area contributed by atoms with E-state index in [1.165, 1.54) is 0 Å². The van der Waals surface area contributed by atoms with Crippen molar-refractivity contribution in [3.8, 4) is 0 Å². The molecule has 0 spiro atoms. The minimum absolute atomic E-state index is 0.188. The van der Waals surface area contributed by atoms with E-state index in [4.69, 9.17) is 18.9 Å². The smallest absolute Gasteiger partial charge is 0.310 e. The number of rotatable bonds is 8. The number of hydrogen-bond acceptors (Lipinski definition) is 8. The molecule has 0 saturated heterocycles. The maximum absolute atomic E-state index is 14.2. The highest BCUT2D eigenvalue weighted by Gasteiger charge is 2.64. The van der Waals surface area contributed by atoms with E-state index in [9.17, 15) is 19.2 Å². The second-order valence-corrected chi connectivity index (χ2v) is 14.9. The Morgan fingerprint density at radius 1 is 0.444 bits per heavy atom. The molecular formula is C37H54O8. The van der Waals surface area contributed by atoms with Crippen LogP contribution >= 0.6 is 0 Å². The third-order valence-electron chi connectivity index (χ3n) is 11.8. The van der Waals surface area contributed by atoms with Gasteiger partial charge in [0.2, 0.25) is 0 Å². The van der Waals surface area contributed by atoms with E-state index in [0.29, 0.717) is 0 Å². The highest BCUT2D eigenvalue weighted by atomic mass is 16.6. The third kappa shape index (κ3) is 7.45. The summed E-state index contributed by atoms with van der Waals surface area (Å²) in [4.78, 5) is 56.9. The van der Waals surface area contributed by atoms with Crippen molar-refractivity contribution < 1.29 is 38.1 Å². The summed E-state index contributed by atoms with van der Waals surface area (Å²) in [5.74, 6) is -6.76. The molecule has 7 rings (SSSR count). The second-order valence-electron chi connectivity index (χ2n) is 14.9. The van der Waals surface area contributed by atoms with Crippen LogP contribution in [0.4, 0.5) is 0 Å². The summed E-state index contributed by atoms with van der Waals surface area (Å²) < 4.78 is 24.6. The zero-order chi connectivity index (χ0) is 31.3. The quantitative estimate of drug-likeness (QED) is 0.159. The predicted octanol–water partition coefficient (Wildman–Crippen LogP) is 7.16. The Kier molecular flexibility index (Phi) is 10.9. The van der Waals surface area contributed by atoms with E-state index in [0.717, 1.165) is 134 Å². The molecule has 8 heteroatoms. The van der Waals surface area contributed by atoms with Crippen molar-refractivity contribution in [1.29, 1.82) is 0 Å². The maximum Gasteiger partial charge on any atom is 0.310 e. The van der Waals surface area contributed by atoms with Crippen molar-refractivity contribution in [1.82, 2.24) is 0 Å². The van der Waals surface area contributed by atoms with Crippen LogP contribution in [0.25, 0.3) is 0 Å². The fourth-order valence-electron chi connectivity index (χ4n) is 9.46. The summed E-state index contributed by atoms with van der Waals surface area (Å²) in [5, 5.41) is 0. The summed E-state index contributed by atoms with van der Waals surface area (Å²) in [6.07, 6.45) is 20.2. The summed E-state index contributed by atoms with van der Waals surface area (Å²) in [7, 11) is 0. The Balaban J connectivity index is 1.33. The highest BCUT2D eigenvalue weighted by molar-refractivity contribution is 5.91. The van der Waals surface area contributed by atoms with Crippen LogP contribution in [0.2, 0.25) is 0 Å². The molecule has 7 aliphatic rings. The Morgan fingerprint density at radius 3 is 1.00 bits per heavy atom. The number of ether oxygens (including phenoxy) is 4. The molecule has 5 fully saturated rings. The van der Waals surface area contributed by atoms with Gasteiger partial charge in [-0.1, -0.05) is 37.3 Å². The van der Waals surface area contributed by atoms with Crippen molar-refractivity contribution >= 4 is 23.9 Å². The second kappa shape index (κ2) is 15.0. The van der Waals surface area contributed by atoms with Crippen LogP contribution in [0, 0.1) is 35.5 Å². The van der Waals surface area contributed by atoms with Gasteiger partial charge in [-0.15, -0.1) is 0 Å². The Hall–Kier alpha value is -2.38. The SMILES string of the molecule is CC1=CC2C(C(=O)OC3CCCCC3)C(C(=O)OC3CCCCC3)C1C(C(=O)OC1CCCCC1)C2C(=O)OC1CCCCC1. The van der Waals surface area contributed by atoms with E-state index in [1.807, 2.05) is 13.0 Å². The standard InChI is InChI=1S/C37H54O8/c1-23-22-28-30(34(38)42-24-14-6-2-7-15-24)32(36(40)44-26-18-10-4-11-19-26)29(23)33(37(41)45-27-20-12-5-13-21-27)31(28)35(39)43-25-16-8-3-9-17-25/h22,24-33H,2-21H2,1H3. The molecule has 0 aromatic heterocycles. The van der Waals surface area contributed by atoms with Crippen LogP contribution in [0.1, 0.15) is 135 Å². The van der Waals surface area contributed by atoms with Gasteiger partial charge in [-0.05, 0) is 110 Å². The van der Waals surface area contributed by atoms with E-state index in [1.54, 1.807) is 0 Å². The van der Waals surface area contributed by atoms with Gasteiger partial charge in [-0.3, -0.25) is 19.2 Å². The number of hydrogen-bond donors (Lipinski definition) is 0. The zero-order valence-electron chi connectivity index (χ0n) is 27.3. The van der Waals surface area contributed by atoms with Crippen LogP contribution in [0.3, 0.4) is 0 Å². The number of carbonyl (C=O) groups excluding carboxylic acids is 4. The molecule has 0 N–H and O–H groups in total. The monoisotopic (exact) mass is 626 g/mol. The molecule has 8 nitrogen and oxygen atoms in total. The first-order valence-electron chi connectivity index (χ1n) is 18.4. The molecule has 250 valence electrons. The summed E-state index contributed by atoms with van der Waals surface area (Å²) >= 11 is 0. The molecule has 0 radical (unpaired) electrons. The van der Waals surface area contributed by atoms with Gasteiger partial charge in [0.25, 0.3) is 0 Å². The van der Waals surface area contributed by atoms with Gasteiger partial charge < -0.3 is 18.9 Å². The highest BCUT2D eigenvalue weighted by Crippen LogP contribution is 2.56. The predicted molar refractivity (Wildman–Crippen MR) is 167 cm³/mol. The largest absolute Gasteiger partial charge is 0.462 e. The van der Waals surface area contributed by atoms with Crippen molar-refractivity contribution in [2.24, 2.45) is 35.5 Å². The third-order valence-corrected chi connectivity index (χ3v) is 11.8. The van der Waals surface area contributed by atoms with E-state index in [-0.39, 0.29) is 24.4 Å². The molecule has 4 unspecified atom stereocenters. The van der Waals surface area contributed by atoms with Gasteiger partial charge in [0.15, 0.2) is 0 Å². The number of esters is 4. The first-order valence-corrected chi connectivity index (χ1v) is 18.4. The maximum atomic E-state index is 14.2. The molecular weight excluding hydrogens is 572 g/mol. The van der Waals surface area contributed by atoms with E-state index in [2.05, 4.69) is 0 Å². The minimum Gasteiger partial charge on any atom is -0.462 e. The van der Waals surface area contributed by atoms with Gasteiger partial charge in [0.1, 0.15) is 24.4 Å². The van der Waals surface area contributed by atoms with Crippen LogP contribution in [0.5, 0.6) is 0 Å². The minimum atomic E-state index is -0.903. The lowest BCUT2D eigenvalue weighted by molar-refractivity contribution is -0.194. The fraction of sp³-hybridized carbons (Fsp3) is 0.838. The lowest BCUT2D eigenvalue weighted by Crippen LogP contribution is -2.60. The van der Waals surface area contributed by atoms with Crippen molar-refractivity contribution in [3.05, 3.63) is 11.6 Å². The normalized spacial score (nSPS) is 33.6. The Labute approximate surface area is 268 Å². The lowest BCUT2D eigenvalue weighted by Gasteiger charge is -2.52. The van der Waals surface area contributed by atoms with Gasteiger partial charge in [-0.25, -0.2) is 0 Å². The molecule has 0 aromatic rings. The number of allylic oxidation sites excluding steroid dienone is 2. The van der Waals surface area contributed by atoms with Gasteiger partial charge >= 0.3 is 23.9 Å². The van der Waals surface area contributed by atoms with Crippen molar-refractivity contribution in [2.45, 2.75) is 160 Å². The summed E-state index contributed by atoms with van der Waals surface area (Å²) in [6.45, 7) is 1.92. The molecule has 7 aliphatic carbocycles. The molecule has 5 saturated carbocycles. The summed E-state index contributed by atoms with van der Waals surface area (Å²) in [5.41, 5.74) is 0.847. The average Bonchev–Trinajstić information content (AvgIpc) is 3.05. The molecule has 0 aliphatic heterocycles. The van der Waals surface area contributed by atoms with Crippen LogP contribution < -0.4 is 0 Å². The zero-order valence-corrected chi connectivity index (χ0v) is 27.3. The van der Waals surface area contributed by atoms with Crippen LogP contribution in [-0.2, 0) is 38.1 Å². The Bertz CT molecular complexity index is 1010. The summed E-state index contributed by atoms with van der Waals surface area (Å²) in [6, 6.07) is 0. The molecule has 0 heterocycles. The Morgan fingerprint density at radius 2 is 0.711 bits per heavy atom. The van der Waals surface area contributed by atoms with Crippen molar-refractivity contribution in [2.75, 3.05) is 0 Å². The average molecular weight is 627 g/mol. The fourth-order valence-corrected chi connectivity index (χ4v) is 9.46. The molecule has 2 bridgehead atoms. The van der Waals surface area contributed by atoms with Crippen molar-refractivity contribution in [3.63, 3.8) is 0 Å². The first kappa shape index (κ1) is 32.6. The van der Waals surface area contributed by atoms with E-state index < -0.39 is 59.4 Å². The van der Waals surface area contributed by atoms with Crippen LogP contribution in [-0.4, -0.2) is 48.3 Å². The van der Waals surface area contributed by atoms with Gasteiger partial charge in [0.05, 0.1) is 23.7 Å². The van der Waals surface area contributed by atoms with Crippen LogP contribution in [0.15, 0.2) is 11.6 Å². The van der Waals surface area contributed by atoms with Gasteiger partial charge in [-0.2, -0.15) is 0 Å². The topological polar surface area (TPSA) is 105 Å². The molecule has 0 amide bonds. The lowest BCUT2D eigenvalue weighted by atomic mass is 9.50. The number of carbonyl (C=O) groups is 4. The molecule has 0 aromatic carbocycles. The molecule has 4 atom stereocenters. The first-order chi connectivity index (χ1) is 21.9. The number of fused-ring (bicyclic) bond motifs is 2.